The van der Waals surface area contributed by atoms with Crippen LogP contribution in [0.25, 0.3) is 6.08 Å². The van der Waals surface area contributed by atoms with Crippen molar-refractivity contribution in [3.05, 3.63) is 47.8 Å². The van der Waals surface area contributed by atoms with E-state index in [4.69, 9.17) is 5.73 Å². The molecule has 0 saturated heterocycles. The standard InChI is InChI=1S/C42H63N3O2/c1-28(2)31-14-19-42(37(47)45-23-11-9-8-10-22-43)21-20-40(6)32(35(31)42)12-13-34-39(5)27-30(26-29-16-24-44-25-17-29)36(46)38(3,4)33(39)15-18-41(34,40)7/h16-17,24-26,31-35H,1,8-15,18-23,27,43H2,2-7H3,(H,45,47)/b30-26-/t31-,32+,33-,34+,35+,39-,40+,41+,42-/m0/s1. The molecule has 47 heavy (non-hydrogen) atoms. The third kappa shape index (κ3) is 5.31. The lowest BCUT2D eigenvalue weighted by atomic mass is 9.32. The van der Waals surface area contributed by atoms with Gasteiger partial charge in [-0.15, -0.1) is 0 Å². The summed E-state index contributed by atoms with van der Waals surface area (Å²) in [6.45, 7) is 20.6. The molecule has 5 saturated carbocycles. The van der Waals surface area contributed by atoms with Crippen molar-refractivity contribution in [1.82, 2.24) is 10.3 Å². The van der Waals surface area contributed by atoms with Crippen molar-refractivity contribution < 1.29 is 9.59 Å². The molecule has 6 rings (SSSR count). The fraction of sp³-hybridized carbons (Fsp3) is 0.738. The van der Waals surface area contributed by atoms with E-state index in [-0.39, 0.29) is 27.1 Å². The van der Waals surface area contributed by atoms with Gasteiger partial charge in [0.2, 0.25) is 5.91 Å². The van der Waals surface area contributed by atoms with E-state index in [2.05, 4.69) is 64.5 Å². The topological polar surface area (TPSA) is 85.1 Å². The van der Waals surface area contributed by atoms with Gasteiger partial charge in [-0.25, -0.2) is 0 Å². The number of Topliss-reactive ketones (excluding diaryl/α,β-unsaturated/α-hetero) is 1. The summed E-state index contributed by atoms with van der Waals surface area (Å²) in [5, 5.41) is 3.46. The molecule has 1 aromatic heterocycles. The quantitative estimate of drug-likeness (QED) is 0.160. The van der Waals surface area contributed by atoms with E-state index in [1.165, 1.54) is 24.8 Å². The largest absolute Gasteiger partial charge is 0.356 e. The van der Waals surface area contributed by atoms with Gasteiger partial charge >= 0.3 is 0 Å². The Hall–Kier alpha value is -2.27. The van der Waals surface area contributed by atoms with Crippen molar-refractivity contribution in [2.75, 3.05) is 13.1 Å². The summed E-state index contributed by atoms with van der Waals surface area (Å²) in [5.74, 6) is 2.89. The predicted molar refractivity (Wildman–Crippen MR) is 192 cm³/mol. The van der Waals surface area contributed by atoms with Crippen LogP contribution in [0.4, 0.5) is 0 Å². The van der Waals surface area contributed by atoms with Gasteiger partial charge in [-0.05, 0) is 159 Å². The third-order valence-electron chi connectivity index (χ3n) is 15.6. The number of hydrogen-bond acceptors (Lipinski definition) is 4. The molecule has 0 aliphatic heterocycles. The molecule has 0 radical (unpaired) electrons. The maximum atomic E-state index is 14.3. The molecule has 3 N–H and O–H groups in total. The SMILES string of the molecule is C=C(C)[C@@H]1CC[C@]2(C(=O)NCCCCCCN)CC[C@]3(C)[C@H](CC[C@@H]4[C@@]5(C)C/C(=C/c6ccncc6)C(=O)C(C)(C)[C@@H]5CC[C@]43C)[C@@H]12. The number of nitrogens with zero attached hydrogens (tertiary/aromatic N) is 1. The number of unbranched alkanes of at least 4 members (excludes halogenated alkanes) is 3. The zero-order valence-electron chi connectivity index (χ0n) is 30.4. The van der Waals surface area contributed by atoms with Crippen molar-refractivity contribution in [3.63, 3.8) is 0 Å². The highest BCUT2D eigenvalue weighted by atomic mass is 16.2. The van der Waals surface area contributed by atoms with Crippen molar-refractivity contribution in [1.29, 1.82) is 0 Å². The van der Waals surface area contributed by atoms with E-state index >= 15 is 0 Å². The number of rotatable bonds is 9. The number of amides is 1. The summed E-state index contributed by atoms with van der Waals surface area (Å²) >= 11 is 0. The van der Waals surface area contributed by atoms with Gasteiger partial charge in [-0.1, -0.05) is 59.6 Å². The van der Waals surface area contributed by atoms with Gasteiger partial charge in [-0.2, -0.15) is 0 Å². The highest BCUT2D eigenvalue weighted by Crippen LogP contribution is 2.77. The van der Waals surface area contributed by atoms with Crippen LogP contribution in [-0.4, -0.2) is 29.8 Å². The first kappa shape index (κ1) is 34.6. The molecule has 0 bridgehead atoms. The Morgan fingerprint density at radius 1 is 0.936 bits per heavy atom. The Bertz CT molecular complexity index is 1400. The molecule has 5 aliphatic rings. The van der Waals surface area contributed by atoms with E-state index in [1.54, 1.807) is 0 Å². The molecule has 0 spiro atoms. The van der Waals surface area contributed by atoms with Crippen molar-refractivity contribution in [3.8, 4) is 0 Å². The number of carbonyl (C=O) groups excluding carboxylic acids is 2. The summed E-state index contributed by atoms with van der Waals surface area (Å²) in [6.07, 6.45) is 19.9. The third-order valence-corrected chi connectivity index (χ3v) is 15.6. The van der Waals surface area contributed by atoms with Crippen LogP contribution in [0.1, 0.15) is 131 Å². The second-order valence-corrected chi connectivity index (χ2v) is 18.0. The van der Waals surface area contributed by atoms with E-state index in [0.29, 0.717) is 41.3 Å². The van der Waals surface area contributed by atoms with Gasteiger partial charge < -0.3 is 11.1 Å². The van der Waals surface area contributed by atoms with E-state index in [0.717, 1.165) is 88.4 Å². The average Bonchev–Trinajstić information content (AvgIpc) is 3.44. The molecular formula is C42H63N3O2. The fourth-order valence-corrected chi connectivity index (χ4v) is 13.2. The molecule has 5 fully saturated rings. The van der Waals surface area contributed by atoms with Gasteiger partial charge in [0.25, 0.3) is 0 Å². The Morgan fingerprint density at radius 3 is 2.36 bits per heavy atom. The van der Waals surface area contributed by atoms with Gasteiger partial charge in [0, 0.05) is 24.4 Å². The molecule has 9 atom stereocenters. The maximum absolute atomic E-state index is 14.3. The van der Waals surface area contributed by atoms with Crippen LogP contribution in [0.2, 0.25) is 0 Å². The molecule has 5 heteroatoms. The smallest absolute Gasteiger partial charge is 0.226 e. The number of pyridine rings is 1. The van der Waals surface area contributed by atoms with Crippen LogP contribution in [0.3, 0.4) is 0 Å². The van der Waals surface area contributed by atoms with Gasteiger partial charge in [0.1, 0.15) is 0 Å². The minimum Gasteiger partial charge on any atom is -0.356 e. The molecule has 1 heterocycles. The summed E-state index contributed by atoms with van der Waals surface area (Å²) < 4.78 is 0. The molecular weight excluding hydrogens is 578 g/mol. The van der Waals surface area contributed by atoms with Gasteiger partial charge in [0.05, 0.1) is 5.41 Å². The normalized spacial score (nSPS) is 41.4. The monoisotopic (exact) mass is 641 g/mol. The molecule has 1 aromatic rings. The van der Waals surface area contributed by atoms with E-state index in [9.17, 15) is 9.59 Å². The Balaban J connectivity index is 1.31. The zero-order chi connectivity index (χ0) is 33.8. The Labute approximate surface area is 285 Å². The first-order chi connectivity index (χ1) is 22.3. The summed E-state index contributed by atoms with van der Waals surface area (Å²) in [5.41, 5.74) is 8.75. The molecule has 258 valence electrons. The van der Waals surface area contributed by atoms with Crippen molar-refractivity contribution in [2.45, 2.75) is 125 Å². The molecule has 0 unspecified atom stereocenters. The number of allylic oxidation sites excluding steroid dienone is 2. The second kappa shape index (κ2) is 12.6. The van der Waals surface area contributed by atoms with Crippen LogP contribution >= 0.6 is 0 Å². The van der Waals surface area contributed by atoms with Crippen LogP contribution in [0.5, 0.6) is 0 Å². The number of nitrogens with two attached hydrogens (primary N) is 1. The molecule has 5 nitrogen and oxygen atoms in total. The summed E-state index contributed by atoms with van der Waals surface area (Å²) in [6, 6.07) is 4.04. The highest BCUT2D eigenvalue weighted by molar-refractivity contribution is 6.04. The minimum atomic E-state index is -0.383. The lowest BCUT2D eigenvalue weighted by Gasteiger charge is -2.72. The lowest BCUT2D eigenvalue weighted by molar-refractivity contribution is -0.229. The first-order valence-electron chi connectivity index (χ1n) is 19.1. The molecule has 5 aliphatic carbocycles. The number of nitrogens with one attached hydrogen (secondary N) is 1. The summed E-state index contributed by atoms with van der Waals surface area (Å²) in [7, 11) is 0. The zero-order valence-corrected chi connectivity index (χ0v) is 30.4. The Kier molecular flexibility index (Phi) is 9.24. The van der Waals surface area contributed by atoms with Gasteiger partial charge in [0.15, 0.2) is 5.78 Å². The summed E-state index contributed by atoms with van der Waals surface area (Å²) in [4.78, 5) is 32.6. The van der Waals surface area contributed by atoms with Crippen LogP contribution in [0, 0.1) is 56.7 Å². The number of fused-ring (bicyclic) bond motifs is 7. The molecule has 0 aromatic carbocycles. The number of carbonyl (C=O) groups is 2. The van der Waals surface area contributed by atoms with Crippen LogP contribution in [-0.2, 0) is 9.59 Å². The number of hydrogen-bond donors (Lipinski definition) is 2. The van der Waals surface area contributed by atoms with Gasteiger partial charge in [-0.3, -0.25) is 14.6 Å². The molecule has 1 amide bonds. The second-order valence-electron chi connectivity index (χ2n) is 18.0. The van der Waals surface area contributed by atoms with E-state index < -0.39 is 0 Å². The van der Waals surface area contributed by atoms with Crippen molar-refractivity contribution >= 4 is 17.8 Å². The maximum Gasteiger partial charge on any atom is 0.226 e. The highest BCUT2D eigenvalue weighted by Gasteiger charge is 2.72. The van der Waals surface area contributed by atoms with Crippen LogP contribution < -0.4 is 11.1 Å². The minimum absolute atomic E-state index is 0.0521. The Morgan fingerprint density at radius 2 is 1.66 bits per heavy atom. The van der Waals surface area contributed by atoms with Crippen LogP contribution in [0.15, 0.2) is 42.3 Å². The fourth-order valence-electron chi connectivity index (χ4n) is 13.2. The number of ketones is 1. The average molecular weight is 642 g/mol. The first-order valence-corrected chi connectivity index (χ1v) is 19.1. The lowest BCUT2D eigenvalue weighted by Crippen LogP contribution is -2.67. The number of aromatic nitrogens is 1. The van der Waals surface area contributed by atoms with E-state index in [1.807, 2.05) is 24.5 Å². The predicted octanol–water partition coefficient (Wildman–Crippen LogP) is 8.94. The van der Waals surface area contributed by atoms with Crippen molar-refractivity contribution in [2.24, 2.45) is 62.4 Å².